The fourth-order valence-electron chi connectivity index (χ4n) is 2.51. The van der Waals surface area contributed by atoms with Crippen molar-refractivity contribution < 1.29 is 9.47 Å². The second-order valence-electron chi connectivity index (χ2n) is 5.02. The molecule has 0 radical (unpaired) electrons. The van der Waals surface area contributed by atoms with Gasteiger partial charge in [-0.1, -0.05) is 22.0 Å². The van der Waals surface area contributed by atoms with Crippen LogP contribution in [0.3, 0.4) is 0 Å². The SMILES string of the molecule is N#Cc1cnc2cc3c(cc2c1Nc1cccc(Br)c1)OCO3. The molecule has 0 aliphatic carbocycles. The number of aromatic nitrogens is 1. The Morgan fingerprint density at radius 1 is 1.17 bits per heavy atom. The van der Waals surface area contributed by atoms with Crippen molar-refractivity contribution >= 4 is 38.2 Å². The summed E-state index contributed by atoms with van der Waals surface area (Å²) in [5.41, 5.74) is 2.79. The molecule has 23 heavy (non-hydrogen) atoms. The molecule has 1 aliphatic rings. The molecular weight excluding hydrogens is 358 g/mol. The number of hydrogen-bond donors (Lipinski definition) is 1. The number of rotatable bonds is 2. The van der Waals surface area contributed by atoms with Crippen LogP contribution in [0, 0.1) is 11.3 Å². The van der Waals surface area contributed by atoms with Crippen molar-refractivity contribution in [1.29, 1.82) is 5.26 Å². The zero-order valence-corrected chi connectivity index (χ0v) is 13.4. The third kappa shape index (κ3) is 2.45. The molecule has 5 nitrogen and oxygen atoms in total. The van der Waals surface area contributed by atoms with Crippen LogP contribution in [-0.2, 0) is 0 Å². The lowest BCUT2D eigenvalue weighted by atomic mass is 10.1. The Balaban J connectivity index is 1.91. The molecule has 1 aromatic heterocycles. The highest BCUT2D eigenvalue weighted by Crippen LogP contribution is 2.39. The minimum absolute atomic E-state index is 0.200. The fraction of sp³-hybridized carbons (Fsp3) is 0.0588. The summed E-state index contributed by atoms with van der Waals surface area (Å²) in [5, 5.41) is 13.5. The minimum Gasteiger partial charge on any atom is -0.454 e. The van der Waals surface area contributed by atoms with E-state index in [9.17, 15) is 5.26 Å². The second-order valence-corrected chi connectivity index (χ2v) is 5.93. The van der Waals surface area contributed by atoms with Gasteiger partial charge in [-0.15, -0.1) is 0 Å². The molecule has 0 saturated carbocycles. The summed E-state index contributed by atoms with van der Waals surface area (Å²) in [6.07, 6.45) is 1.56. The van der Waals surface area contributed by atoms with Crippen LogP contribution < -0.4 is 14.8 Å². The Labute approximate surface area is 140 Å². The highest BCUT2D eigenvalue weighted by molar-refractivity contribution is 9.10. The second kappa shape index (κ2) is 5.45. The minimum atomic E-state index is 0.200. The first-order valence-corrected chi connectivity index (χ1v) is 7.69. The van der Waals surface area contributed by atoms with Gasteiger partial charge in [0.25, 0.3) is 0 Å². The molecule has 3 aromatic rings. The number of halogens is 1. The lowest BCUT2D eigenvalue weighted by molar-refractivity contribution is 0.174. The molecule has 2 heterocycles. The number of nitrogens with zero attached hydrogens (tertiary/aromatic N) is 2. The summed E-state index contributed by atoms with van der Waals surface area (Å²) >= 11 is 3.45. The number of nitrogens with one attached hydrogen (secondary N) is 1. The van der Waals surface area contributed by atoms with Crippen molar-refractivity contribution in [3.63, 3.8) is 0 Å². The van der Waals surface area contributed by atoms with Gasteiger partial charge in [0.15, 0.2) is 11.5 Å². The molecule has 0 saturated heterocycles. The molecule has 6 heteroatoms. The quantitative estimate of drug-likeness (QED) is 0.729. The first kappa shape index (κ1) is 13.9. The van der Waals surface area contributed by atoms with Crippen LogP contribution in [0.15, 0.2) is 47.1 Å². The van der Waals surface area contributed by atoms with Gasteiger partial charge in [0, 0.05) is 27.8 Å². The van der Waals surface area contributed by atoms with Gasteiger partial charge >= 0.3 is 0 Å². The van der Waals surface area contributed by atoms with Crippen molar-refractivity contribution in [2.75, 3.05) is 12.1 Å². The average molecular weight is 368 g/mol. The lowest BCUT2D eigenvalue weighted by Gasteiger charge is -2.12. The first-order valence-electron chi connectivity index (χ1n) is 6.89. The molecule has 0 bridgehead atoms. The van der Waals surface area contributed by atoms with Gasteiger partial charge in [0.1, 0.15) is 6.07 Å². The molecule has 0 unspecified atom stereocenters. The molecule has 0 atom stereocenters. The van der Waals surface area contributed by atoms with E-state index in [0.29, 0.717) is 22.7 Å². The smallest absolute Gasteiger partial charge is 0.231 e. The number of fused-ring (bicyclic) bond motifs is 2. The maximum atomic E-state index is 9.41. The molecule has 0 amide bonds. The number of anilines is 2. The Bertz CT molecular complexity index is 966. The third-order valence-corrected chi connectivity index (χ3v) is 4.07. The maximum absolute atomic E-state index is 9.41. The molecular formula is C17H10BrN3O2. The van der Waals surface area contributed by atoms with E-state index in [1.807, 2.05) is 36.4 Å². The first-order chi connectivity index (χ1) is 11.2. The van der Waals surface area contributed by atoms with Crippen LogP contribution in [0.5, 0.6) is 11.5 Å². The zero-order chi connectivity index (χ0) is 15.8. The van der Waals surface area contributed by atoms with Gasteiger partial charge in [-0.25, -0.2) is 0 Å². The van der Waals surface area contributed by atoms with E-state index in [4.69, 9.17) is 9.47 Å². The predicted octanol–water partition coefficient (Wildman–Crippen LogP) is 4.34. The number of ether oxygens (including phenoxy) is 2. The summed E-state index contributed by atoms with van der Waals surface area (Å²) in [6, 6.07) is 13.6. The van der Waals surface area contributed by atoms with Crippen LogP contribution >= 0.6 is 15.9 Å². The Hall–Kier alpha value is -2.78. The summed E-state index contributed by atoms with van der Waals surface area (Å²) < 4.78 is 11.8. The van der Waals surface area contributed by atoms with E-state index < -0.39 is 0 Å². The summed E-state index contributed by atoms with van der Waals surface area (Å²) in [7, 11) is 0. The Kier molecular flexibility index (Phi) is 3.28. The maximum Gasteiger partial charge on any atom is 0.231 e. The van der Waals surface area contributed by atoms with Crippen molar-refractivity contribution in [1.82, 2.24) is 4.98 Å². The van der Waals surface area contributed by atoms with Gasteiger partial charge in [0.2, 0.25) is 6.79 Å². The van der Waals surface area contributed by atoms with E-state index in [0.717, 1.165) is 21.1 Å². The highest BCUT2D eigenvalue weighted by Gasteiger charge is 2.18. The van der Waals surface area contributed by atoms with Crippen LogP contribution in [0.4, 0.5) is 11.4 Å². The number of hydrogen-bond acceptors (Lipinski definition) is 5. The Morgan fingerprint density at radius 2 is 2.00 bits per heavy atom. The number of pyridine rings is 1. The lowest BCUT2D eigenvalue weighted by Crippen LogP contribution is -1.97. The largest absolute Gasteiger partial charge is 0.454 e. The summed E-state index contributed by atoms with van der Waals surface area (Å²) in [5.74, 6) is 1.33. The molecule has 0 spiro atoms. The Morgan fingerprint density at radius 3 is 2.78 bits per heavy atom. The van der Waals surface area contributed by atoms with Crippen molar-refractivity contribution in [3.05, 3.63) is 52.6 Å². The monoisotopic (exact) mass is 367 g/mol. The van der Waals surface area contributed by atoms with Gasteiger partial charge in [-0.05, 0) is 24.3 Å². The molecule has 1 N–H and O–H groups in total. The van der Waals surface area contributed by atoms with E-state index in [-0.39, 0.29) is 6.79 Å². The molecule has 4 rings (SSSR count). The van der Waals surface area contributed by atoms with Gasteiger partial charge in [0.05, 0.1) is 16.8 Å². The molecule has 112 valence electrons. The van der Waals surface area contributed by atoms with Crippen LogP contribution in [0.2, 0.25) is 0 Å². The van der Waals surface area contributed by atoms with Crippen LogP contribution in [0.1, 0.15) is 5.56 Å². The van der Waals surface area contributed by atoms with Gasteiger partial charge in [-0.3, -0.25) is 4.98 Å². The van der Waals surface area contributed by atoms with Crippen molar-refractivity contribution in [2.45, 2.75) is 0 Å². The molecule has 0 fully saturated rings. The van der Waals surface area contributed by atoms with Gasteiger partial charge in [-0.2, -0.15) is 5.26 Å². The molecule has 2 aromatic carbocycles. The van der Waals surface area contributed by atoms with Crippen LogP contribution in [0.25, 0.3) is 10.9 Å². The summed E-state index contributed by atoms with van der Waals surface area (Å²) in [4.78, 5) is 4.34. The highest BCUT2D eigenvalue weighted by atomic mass is 79.9. The van der Waals surface area contributed by atoms with Crippen molar-refractivity contribution in [2.24, 2.45) is 0 Å². The zero-order valence-electron chi connectivity index (χ0n) is 11.8. The normalized spacial score (nSPS) is 12.2. The number of nitriles is 1. The molecule has 1 aliphatic heterocycles. The standard InChI is InChI=1S/C17H10BrN3O2/c18-11-2-1-3-12(4-11)21-17-10(7-19)8-20-14-6-16-15(5-13(14)17)22-9-23-16/h1-6,8H,9H2,(H,20,21). The van der Waals surface area contributed by atoms with Crippen LogP contribution in [-0.4, -0.2) is 11.8 Å². The van der Waals surface area contributed by atoms with E-state index in [1.165, 1.54) is 0 Å². The predicted molar refractivity (Wildman–Crippen MR) is 90.0 cm³/mol. The van der Waals surface area contributed by atoms with Gasteiger partial charge < -0.3 is 14.8 Å². The summed E-state index contributed by atoms with van der Waals surface area (Å²) in [6.45, 7) is 0.200. The van der Waals surface area contributed by atoms with Crippen molar-refractivity contribution in [3.8, 4) is 17.6 Å². The van der Waals surface area contributed by atoms with E-state index >= 15 is 0 Å². The topological polar surface area (TPSA) is 67.2 Å². The van der Waals surface area contributed by atoms with E-state index in [2.05, 4.69) is 32.3 Å². The number of benzene rings is 2. The average Bonchev–Trinajstić information content (AvgIpc) is 3.01. The third-order valence-electron chi connectivity index (χ3n) is 3.58. The fourth-order valence-corrected chi connectivity index (χ4v) is 2.91. The van der Waals surface area contributed by atoms with E-state index in [1.54, 1.807) is 6.20 Å².